The van der Waals surface area contributed by atoms with E-state index in [0.29, 0.717) is 24.6 Å². The summed E-state index contributed by atoms with van der Waals surface area (Å²) in [5, 5.41) is 2.07. The van der Waals surface area contributed by atoms with Gasteiger partial charge in [0, 0.05) is 56.6 Å². The maximum absolute atomic E-state index is 12.5. The molecule has 0 radical (unpaired) electrons. The number of methoxy groups -OCH3 is 2. The third-order valence-electron chi connectivity index (χ3n) is 4.98. The zero-order chi connectivity index (χ0) is 21.6. The second-order valence-electron chi connectivity index (χ2n) is 6.90. The monoisotopic (exact) mass is 453 g/mol. The van der Waals surface area contributed by atoms with Gasteiger partial charge in [-0.15, -0.1) is 11.3 Å². The van der Waals surface area contributed by atoms with Crippen LogP contribution < -0.4 is 14.2 Å². The molecule has 0 atom stereocenters. The summed E-state index contributed by atoms with van der Waals surface area (Å²) in [6.07, 6.45) is 0.122. The Labute approximate surface area is 181 Å². The lowest BCUT2D eigenvalue weighted by Gasteiger charge is -2.34. The van der Waals surface area contributed by atoms with E-state index in [4.69, 9.17) is 9.47 Å². The molecule has 30 heavy (non-hydrogen) atoms. The van der Waals surface area contributed by atoms with Gasteiger partial charge in [0.15, 0.2) is 11.5 Å². The summed E-state index contributed by atoms with van der Waals surface area (Å²) in [4.78, 5) is 18.0. The number of piperazine rings is 1. The molecule has 1 aliphatic rings. The summed E-state index contributed by atoms with van der Waals surface area (Å²) in [5.74, 6) is 0.738. The summed E-state index contributed by atoms with van der Waals surface area (Å²) in [5.41, 5.74) is 0. The highest BCUT2D eigenvalue weighted by Gasteiger charge is 2.22. The van der Waals surface area contributed by atoms with Crippen LogP contribution in [0.4, 0.5) is 0 Å². The van der Waals surface area contributed by atoms with Gasteiger partial charge in [-0.2, -0.15) is 0 Å². The van der Waals surface area contributed by atoms with E-state index in [1.54, 1.807) is 16.2 Å². The van der Waals surface area contributed by atoms with E-state index < -0.39 is 10.0 Å². The van der Waals surface area contributed by atoms with E-state index in [1.807, 2.05) is 6.07 Å². The minimum Gasteiger partial charge on any atom is -0.493 e. The van der Waals surface area contributed by atoms with Crippen molar-refractivity contribution in [1.82, 2.24) is 14.5 Å². The lowest BCUT2D eigenvalue weighted by molar-refractivity contribution is -0.132. The largest absolute Gasteiger partial charge is 0.493 e. The molecule has 0 saturated carbocycles. The fourth-order valence-corrected chi connectivity index (χ4v) is 5.09. The molecule has 0 unspecified atom stereocenters. The number of carbonyl (C=O) groups excluding carboxylic acids is 1. The lowest BCUT2D eigenvalue weighted by Crippen LogP contribution is -2.48. The Morgan fingerprint density at radius 2 is 1.83 bits per heavy atom. The van der Waals surface area contributed by atoms with Gasteiger partial charge in [-0.25, -0.2) is 13.1 Å². The number of ether oxygens (including phenoxy) is 2. The van der Waals surface area contributed by atoms with Gasteiger partial charge in [-0.3, -0.25) is 9.69 Å². The molecule has 1 aromatic heterocycles. The molecule has 1 saturated heterocycles. The lowest BCUT2D eigenvalue weighted by atomic mass is 10.2. The number of hydrogen-bond acceptors (Lipinski definition) is 7. The molecule has 8 nitrogen and oxygen atoms in total. The van der Waals surface area contributed by atoms with E-state index in [1.165, 1.54) is 37.3 Å². The molecule has 1 fully saturated rings. The molecule has 2 aromatic rings. The number of nitrogens with zero attached hydrogens (tertiary/aromatic N) is 2. The van der Waals surface area contributed by atoms with Crippen LogP contribution in [0.2, 0.25) is 0 Å². The van der Waals surface area contributed by atoms with Gasteiger partial charge in [-0.05, 0) is 23.6 Å². The van der Waals surface area contributed by atoms with E-state index in [-0.39, 0.29) is 23.8 Å². The highest BCUT2D eigenvalue weighted by molar-refractivity contribution is 7.89. The minimum atomic E-state index is -3.75. The topological polar surface area (TPSA) is 88.2 Å². The quantitative estimate of drug-likeness (QED) is 0.623. The maximum atomic E-state index is 12.5. The number of benzene rings is 1. The van der Waals surface area contributed by atoms with Gasteiger partial charge in [-0.1, -0.05) is 6.07 Å². The number of amides is 1. The van der Waals surface area contributed by atoms with Crippen LogP contribution in [-0.4, -0.2) is 71.1 Å². The van der Waals surface area contributed by atoms with Crippen LogP contribution in [0.1, 0.15) is 11.3 Å². The summed E-state index contributed by atoms with van der Waals surface area (Å²) in [6.45, 7) is 3.91. The normalized spacial score (nSPS) is 15.2. The Morgan fingerprint density at radius 1 is 1.10 bits per heavy atom. The van der Waals surface area contributed by atoms with Gasteiger partial charge in [0.05, 0.1) is 19.1 Å². The molecule has 1 amide bonds. The molecule has 1 aliphatic heterocycles. The first-order chi connectivity index (χ1) is 14.4. The Hall–Kier alpha value is -2.14. The van der Waals surface area contributed by atoms with Crippen LogP contribution in [0.15, 0.2) is 40.6 Å². The molecule has 164 valence electrons. The van der Waals surface area contributed by atoms with Crippen molar-refractivity contribution < 1.29 is 22.7 Å². The van der Waals surface area contributed by atoms with E-state index in [9.17, 15) is 13.2 Å². The number of carbonyl (C=O) groups is 1. The number of thiophene rings is 1. The fourth-order valence-electron chi connectivity index (χ4n) is 3.30. The van der Waals surface area contributed by atoms with Crippen molar-refractivity contribution in [2.45, 2.75) is 17.9 Å². The minimum absolute atomic E-state index is 0.0409. The van der Waals surface area contributed by atoms with Crippen molar-refractivity contribution in [2.75, 3.05) is 46.9 Å². The Balaban J connectivity index is 1.46. The Bertz CT molecular complexity index is 939. The second-order valence-corrected chi connectivity index (χ2v) is 9.70. The molecule has 0 bridgehead atoms. The third kappa shape index (κ3) is 5.72. The average Bonchev–Trinajstić information content (AvgIpc) is 3.26. The van der Waals surface area contributed by atoms with Crippen LogP contribution in [0.3, 0.4) is 0 Å². The summed E-state index contributed by atoms with van der Waals surface area (Å²) in [6, 6.07) is 8.54. The highest BCUT2D eigenvalue weighted by Crippen LogP contribution is 2.29. The van der Waals surface area contributed by atoms with Crippen molar-refractivity contribution in [3.8, 4) is 11.5 Å². The van der Waals surface area contributed by atoms with Gasteiger partial charge >= 0.3 is 0 Å². The fraction of sp³-hybridized carbons (Fsp3) is 0.450. The molecule has 0 spiro atoms. The standard InChI is InChI=1S/C20H27N3O5S2/c1-27-18-6-5-17(14-19(18)28-2)30(25,26)21-8-7-20(24)23-11-9-22(10-12-23)15-16-4-3-13-29-16/h3-6,13-14,21H,7-12,15H2,1-2H3. The molecule has 2 heterocycles. The summed E-state index contributed by atoms with van der Waals surface area (Å²) in [7, 11) is -0.816. The zero-order valence-corrected chi connectivity index (χ0v) is 18.8. The van der Waals surface area contributed by atoms with Crippen molar-refractivity contribution in [2.24, 2.45) is 0 Å². The predicted molar refractivity (Wildman–Crippen MR) is 116 cm³/mol. The zero-order valence-electron chi connectivity index (χ0n) is 17.2. The SMILES string of the molecule is COc1ccc(S(=O)(=O)NCCC(=O)N2CCN(Cc3cccs3)CC2)cc1OC. The molecule has 10 heteroatoms. The smallest absolute Gasteiger partial charge is 0.240 e. The number of rotatable bonds is 9. The molecular weight excluding hydrogens is 426 g/mol. The van der Waals surface area contributed by atoms with Crippen molar-refractivity contribution >= 4 is 27.3 Å². The maximum Gasteiger partial charge on any atom is 0.240 e. The van der Waals surface area contributed by atoms with Crippen LogP contribution >= 0.6 is 11.3 Å². The molecule has 1 aromatic carbocycles. The predicted octanol–water partition coefficient (Wildman–Crippen LogP) is 1.78. The van der Waals surface area contributed by atoms with Crippen LogP contribution in [0.5, 0.6) is 11.5 Å². The van der Waals surface area contributed by atoms with E-state index in [0.717, 1.165) is 19.6 Å². The molecule has 0 aliphatic carbocycles. The Morgan fingerprint density at radius 3 is 2.47 bits per heavy atom. The molecule has 1 N–H and O–H groups in total. The van der Waals surface area contributed by atoms with Crippen LogP contribution in [0.25, 0.3) is 0 Å². The van der Waals surface area contributed by atoms with Crippen molar-refractivity contribution in [3.63, 3.8) is 0 Å². The first-order valence-electron chi connectivity index (χ1n) is 9.67. The number of sulfonamides is 1. The molecular formula is C20H27N3O5S2. The second kappa shape index (κ2) is 10.3. The third-order valence-corrected chi connectivity index (χ3v) is 7.30. The van der Waals surface area contributed by atoms with Crippen molar-refractivity contribution in [3.05, 3.63) is 40.6 Å². The molecule has 3 rings (SSSR count). The van der Waals surface area contributed by atoms with Crippen LogP contribution in [0, 0.1) is 0 Å². The number of nitrogens with one attached hydrogen (secondary N) is 1. The summed E-state index contributed by atoms with van der Waals surface area (Å²) >= 11 is 1.74. The van der Waals surface area contributed by atoms with Gasteiger partial charge in [0.1, 0.15) is 0 Å². The first kappa shape index (κ1) is 22.5. The Kier molecular flexibility index (Phi) is 7.70. The first-order valence-corrected chi connectivity index (χ1v) is 12.0. The van der Waals surface area contributed by atoms with Gasteiger partial charge < -0.3 is 14.4 Å². The average molecular weight is 454 g/mol. The van der Waals surface area contributed by atoms with Gasteiger partial charge in [0.2, 0.25) is 15.9 Å². The summed E-state index contributed by atoms with van der Waals surface area (Å²) < 4.78 is 37.8. The van der Waals surface area contributed by atoms with E-state index >= 15 is 0 Å². The number of hydrogen-bond donors (Lipinski definition) is 1. The van der Waals surface area contributed by atoms with Crippen LogP contribution in [-0.2, 0) is 21.4 Å². The van der Waals surface area contributed by atoms with Crippen molar-refractivity contribution in [1.29, 1.82) is 0 Å². The van der Waals surface area contributed by atoms with E-state index in [2.05, 4.69) is 21.1 Å². The highest BCUT2D eigenvalue weighted by atomic mass is 32.2. The van der Waals surface area contributed by atoms with Gasteiger partial charge in [0.25, 0.3) is 0 Å².